The molecule has 0 spiro atoms. The maximum atomic E-state index is 9.33. The molecule has 1 rings (SSSR count). The Labute approximate surface area is 128 Å². The van der Waals surface area contributed by atoms with E-state index in [1.165, 1.54) is 0 Å². The number of hydrogen-bond acceptors (Lipinski definition) is 4. The van der Waals surface area contributed by atoms with Crippen molar-refractivity contribution in [3.8, 4) is 11.5 Å². The maximum absolute atomic E-state index is 9.33. The second-order valence-corrected chi connectivity index (χ2v) is 5.57. The summed E-state index contributed by atoms with van der Waals surface area (Å²) < 4.78 is 11.5. The lowest BCUT2D eigenvalue weighted by molar-refractivity contribution is 0.168. The lowest BCUT2D eigenvalue weighted by atomic mass is 9.96. The second-order valence-electron chi connectivity index (χ2n) is 5.57. The van der Waals surface area contributed by atoms with Gasteiger partial charge in [0.2, 0.25) is 0 Å². The molecule has 1 aromatic rings. The molecular weight excluding hydrogens is 266 g/mol. The zero-order chi connectivity index (χ0) is 15.6. The minimum absolute atomic E-state index is 0.151. The van der Waals surface area contributed by atoms with Crippen molar-refractivity contribution in [1.82, 2.24) is 5.32 Å². The molecule has 21 heavy (non-hydrogen) atoms. The highest BCUT2D eigenvalue weighted by molar-refractivity contribution is 5.39. The average molecular weight is 295 g/mol. The fourth-order valence-electron chi connectivity index (χ4n) is 1.98. The van der Waals surface area contributed by atoms with Crippen molar-refractivity contribution < 1.29 is 14.6 Å². The fraction of sp³-hybridized carbons (Fsp3) is 0.647. The van der Waals surface area contributed by atoms with Crippen LogP contribution < -0.4 is 14.8 Å². The lowest BCUT2D eigenvalue weighted by Crippen LogP contribution is -2.43. The molecule has 0 fully saturated rings. The molecule has 4 nitrogen and oxygen atoms in total. The Hall–Kier alpha value is -1.26. The van der Waals surface area contributed by atoms with Crippen molar-refractivity contribution in [2.45, 2.75) is 45.1 Å². The first-order chi connectivity index (χ1) is 10.1. The molecule has 120 valence electrons. The van der Waals surface area contributed by atoms with E-state index in [4.69, 9.17) is 9.47 Å². The summed E-state index contributed by atoms with van der Waals surface area (Å²) in [6.45, 7) is 5.64. The second kappa shape index (κ2) is 9.64. The number of unbranched alkanes of at least 4 members (excludes halogenated alkanes) is 1. The Balaban J connectivity index is 2.32. The van der Waals surface area contributed by atoms with Gasteiger partial charge in [-0.1, -0.05) is 19.1 Å². The van der Waals surface area contributed by atoms with Crippen molar-refractivity contribution in [2.24, 2.45) is 0 Å². The van der Waals surface area contributed by atoms with Crippen molar-refractivity contribution in [1.29, 1.82) is 0 Å². The van der Waals surface area contributed by atoms with E-state index in [0.29, 0.717) is 13.2 Å². The number of aliphatic hydroxyl groups is 1. The molecule has 1 atom stereocenters. The smallest absolute Gasteiger partial charge is 0.161 e. The first-order valence-electron chi connectivity index (χ1n) is 7.79. The van der Waals surface area contributed by atoms with Gasteiger partial charge >= 0.3 is 0 Å². The van der Waals surface area contributed by atoms with E-state index in [9.17, 15) is 5.11 Å². The van der Waals surface area contributed by atoms with Crippen LogP contribution in [0.1, 0.15) is 39.5 Å². The van der Waals surface area contributed by atoms with Gasteiger partial charge in [0, 0.05) is 5.54 Å². The molecule has 0 aliphatic rings. The van der Waals surface area contributed by atoms with Gasteiger partial charge in [0.25, 0.3) is 0 Å². The molecule has 0 radical (unpaired) electrons. The molecule has 0 heterocycles. The zero-order valence-corrected chi connectivity index (χ0v) is 13.5. The van der Waals surface area contributed by atoms with Gasteiger partial charge in [-0.2, -0.15) is 0 Å². The van der Waals surface area contributed by atoms with Crippen LogP contribution in [0.25, 0.3) is 0 Å². The van der Waals surface area contributed by atoms with Crippen molar-refractivity contribution in [3.05, 3.63) is 24.3 Å². The molecule has 0 saturated carbocycles. The molecular formula is C17H29NO3. The van der Waals surface area contributed by atoms with E-state index in [1.807, 2.05) is 38.2 Å². The monoisotopic (exact) mass is 295 g/mol. The van der Waals surface area contributed by atoms with Crippen LogP contribution in [0, 0.1) is 0 Å². The Kier molecular flexibility index (Phi) is 8.16. The van der Waals surface area contributed by atoms with E-state index in [2.05, 4.69) is 12.2 Å². The molecule has 0 saturated heterocycles. The van der Waals surface area contributed by atoms with Crippen LogP contribution in [-0.2, 0) is 0 Å². The van der Waals surface area contributed by atoms with E-state index in [1.54, 1.807) is 0 Å². The number of nitrogens with one attached hydrogen (secondary N) is 1. The van der Waals surface area contributed by atoms with Crippen LogP contribution in [0.4, 0.5) is 0 Å². The van der Waals surface area contributed by atoms with Gasteiger partial charge < -0.3 is 19.9 Å². The Bertz CT molecular complexity index is 391. The third kappa shape index (κ3) is 6.36. The predicted octanol–water partition coefficient (Wildman–Crippen LogP) is 2.99. The van der Waals surface area contributed by atoms with Crippen LogP contribution in [0.15, 0.2) is 24.3 Å². The van der Waals surface area contributed by atoms with Crippen LogP contribution >= 0.6 is 0 Å². The number of ether oxygens (including phenoxy) is 2. The predicted molar refractivity (Wildman–Crippen MR) is 86.1 cm³/mol. The van der Waals surface area contributed by atoms with Crippen LogP contribution in [0.5, 0.6) is 11.5 Å². The standard InChI is InChI=1S/C17H29NO3/c1-4-12-20-15-9-5-6-10-16(15)21-13-8-7-11-17(2,14-19)18-3/h5-6,9-10,18-19H,4,7-8,11-14H2,1-3H3. The highest BCUT2D eigenvalue weighted by Crippen LogP contribution is 2.26. The Morgan fingerprint density at radius 2 is 1.71 bits per heavy atom. The molecule has 0 aromatic heterocycles. The van der Waals surface area contributed by atoms with Gasteiger partial charge in [0.05, 0.1) is 19.8 Å². The molecule has 0 bridgehead atoms. The Morgan fingerprint density at radius 1 is 1.10 bits per heavy atom. The SMILES string of the molecule is CCCOc1ccccc1OCCCCC(C)(CO)NC. The number of rotatable bonds is 11. The van der Waals surface area contributed by atoms with Gasteiger partial charge in [-0.15, -0.1) is 0 Å². The summed E-state index contributed by atoms with van der Waals surface area (Å²) >= 11 is 0. The molecule has 0 aliphatic heterocycles. The largest absolute Gasteiger partial charge is 0.490 e. The molecule has 0 amide bonds. The molecule has 0 aliphatic carbocycles. The van der Waals surface area contributed by atoms with Crippen molar-refractivity contribution in [2.75, 3.05) is 26.9 Å². The summed E-state index contributed by atoms with van der Waals surface area (Å²) in [7, 11) is 1.88. The Morgan fingerprint density at radius 3 is 2.24 bits per heavy atom. The molecule has 1 unspecified atom stereocenters. The van der Waals surface area contributed by atoms with Crippen LogP contribution in [0.2, 0.25) is 0 Å². The van der Waals surface area contributed by atoms with E-state index < -0.39 is 0 Å². The van der Waals surface area contributed by atoms with Crippen molar-refractivity contribution >= 4 is 0 Å². The number of para-hydroxylation sites is 2. The quantitative estimate of drug-likeness (QED) is 0.616. The first-order valence-corrected chi connectivity index (χ1v) is 7.79. The summed E-state index contributed by atoms with van der Waals surface area (Å²) in [5.41, 5.74) is -0.192. The number of aliphatic hydroxyl groups excluding tert-OH is 1. The summed E-state index contributed by atoms with van der Waals surface area (Å²) in [6, 6.07) is 7.79. The first kappa shape index (κ1) is 17.8. The zero-order valence-electron chi connectivity index (χ0n) is 13.5. The van der Waals surface area contributed by atoms with Gasteiger partial charge in [0.1, 0.15) is 0 Å². The van der Waals surface area contributed by atoms with E-state index in [-0.39, 0.29) is 12.1 Å². The van der Waals surface area contributed by atoms with E-state index in [0.717, 1.165) is 37.2 Å². The highest BCUT2D eigenvalue weighted by Gasteiger charge is 2.19. The third-order valence-corrected chi connectivity index (χ3v) is 3.64. The summed E-state index contributed by atoms with van der Waals surface area (Å²) in [5.74, 6) is 1.62. The van der Waals surface area contributed by atoms with Crippen LogP contribution in [-0.4, -0.2) is 37.5 Å². The number of benzene rings is 1. The van der Waals surface area contributed by atoms with Gasteiger partial charge in [0.15, 0.2) is 11.5 Å². The number of likely N-dealkylation sites (N-methyl/N-ethyl adjacent to an activating group) is 1. The van der Waals surface area contributed by atoms with E-state index >= 15 is 0 Å². The lowest BCUT2D eigenvalue weighted by Gasteiger charge is -2.26. The minimum Gasteiger partial charge on any atom is -0.490 e. The summed E-state index contributed by atoms with van der Waals surface area (Å²) in [4.78, 5) is 0. The van der Waals surface area contributed by atoms with Gasteiger partial charge in [-0.3, -0.25) is 0 Å². The van der Waals surface area contributed by atoms with Crippen LogP contribution in [0.3, 0.4) is 0 Å². The number of hydrogen-bond donors (Lipinski definition) is 2. The normalized spacial score (nSPS) is 13.7. The molecule has 4 heteroatoms. The topological polar surface area (TPSA) is 50.7 Å². The van der Waals surface area contributed by atoms with Gasteiger partial charge in [-0.25, -0.2) is 0 Å². The van der Waals surface area contributed by atoms with Crippen molar-refractivity contribution in [3.63, 3.8) is 0 Å². The van der Waals surface area contributed by atoms with Gasteiger partial charge in [-0.05, 0) is 51.8 Å². The molecule has 2 N–H and O–H groups in total. The average Bonchev–Trinajstić information content (AvgIpc) is 2.53. The summed E-state index contributed by atoms with van der Waals surface area (Å²) in [5, 5.41) is 12.5. The minimum atomic E-state index is -0.192. The molecule has 1 aromatic carbocycles. The summed E-state index contributed by atoms with van der Waals surface area (Å²) in [6.07, 6.45) is 3.88. The third-order valence-electron chi connectivity index (χ3n) is 3.64. The highest BCUT2D eigenvalue weighted by atomic mass is 16.5. The maximum Gasteiger partial charge on any atom is 0.161 e. The fourth-order valence-corrected chi connectivity index (χ4v) is 1.98.